The number of likely N-dealkylation sites (tertiary alicyclic amines) is 1. The van der Waals surface area contributed by atoms with E-state index in [1.807, 2.05) is 20.8 Å². The van der Waals surface area contributed by atoms with E-state index in [2.05, 4.69) is 0 Å². The Morgan fingerprint density at radius 1 is 1.19 bits per heavy atom. The van der Waals surface area contributed by atoms with Gasteiger partial charge in [-0.25, -0.2) is 4.79 Å². The number of hydrogen-bond donors (Lipinski definition) is 1. The molecular formula is C19H24F3NO4. The number of carboxylic acid groups (broad SMARTS) is 1. The Labute approximate surface area is 156 Å². The van der Waals surface area contributed by atoms with E-state index in [1.165, 1.54) is 12.1 Å². The lowest BCUT2D eigenvalue weighted by Gasteiger charge is -2.40. The number of alkyl halides is 3. The van der Waals surface area contributed by atoms with Crippen molar-refractivity contribution in [1.82, 2.24) is 4.90 Å². The van der Waals surface area contributed by atoms with Crippen LogP contribution in [0.15, 0.2) is 24.3 Å². The standard InChI is InChI=1S/C19H24F3NO4/c1-17(2,3)12-27-15(24)18(7-9-23(10-8-18)16(25)26)13-5-4-6-14(11-13)19(20,21)22/h4-6,11H,7-10,12H2,1-3H3,(H,25,26). The van der Waals surface area contributed by atoms with Crippen LogP contribution in [0.25, 0.3) is 0 Å². The molecular weight excluding hydrogens is 363 g/mol. The zero-order valence-electron chi connectivity index (χ0n) is 15.6. The first kappa shape index (κ1) is 21.1. The van der Waals surface area contributed by atoms with Crippen LogP contribution in [0.4, 0.5) is 18.0 Å². The molecule has 1 amide bonds. The molecule has 0 spiro atoms. The summed E-state index contributed by atoms with van der Waals surface area (Å²) in [5, 5.41) is 9.14. The summed E-state index contributed by atoms with van der Waals surface area (Å²) in [6.07, 6.45) is -5.50. The van der Waals surface area contributed by atoms with E-state index < -0.39 is 29.2 Å². The summed E-state index contributed by atoms with van der Waals surface area (Å²) in [6.45, 7) is 5.86. The number of nitrogens with zero attached hydrogens (tertiary/aromatic N) is 1. The SMILES string of the molecule is CC(C)(C)COC(=O)C1(c2cccc(C(F)(F)F)c2)CCN(C(=O)O)CC1. The van der Waals surface area contributed by atoms with Gasteiger partial charge < -0.3 is 14.7 Å². The third kappa shape index (κ3) is 4.93. The van der Waals surface area contributed by atoms with Crippen LogP contribution < -0.4 is 0 Å². The van der Waals surface area contributed by atoms with Gasteiger partial charge in [-0.1, -0.05) is 39.0 Å². The minimum atomic E-state index is -4.53. The number of esters is 1. The first-order valence-electron chi connectivity index (χ1n) is 8.68. The van der Waals surface area contributed by atoms with E-state index in [9.17, 15) is 22.8 Å². The van der Waals surface area contributed by atoms with Gasteiger partial charge in [-0.2, -0.15) is 13.2 Å². The number of amides is 1. The molecule has 1 N–H and O–H groups in total. The fourth-order valence-corrected chi connectivity index (χ4v) is 3.10. The second-order valence-electron chi connectivity index (χ2n) is 8.07. The summed E-state index contributed by atoms with van der Waals surface area (Å²) in [4.78, 5) is 25.3. The molecule has 1 aromatic carbocycles. The fraction of sp³-hybridized carbons (Fsp3) is 0.579. The number of carbonyl (C=O) groups is 2. The summed E-state index contributed by atoms with van der Waals surface area (Å²) in [7, 11) is 0. The summed E-state index contributed by atoms with van der Waals surface area (Å²) in [6, 6.07) is 4.66. The summed E-state index contributed by atoms with van der Waals surface area (Å²) in [5.74, 6) is -0.609. The van der Waals surface area contributed by atoms with Crippen molar-refractivity contribution in [3.05, 3.63) is 35.4 Å². The van der Waals surface area contributed by atoms with Gasteiger partial charge in [-0.15, -0.1) is 0 Å². The van der Waals surface area contributed by atoms with Gasteiger partial charge in [-0.3, -0.25) is 4.79 Å². The third-order valence-electron chi connectivity index (χ3n) is 4.66. The molecule has 1 saturated heterocycles. The van der Waals surface area contributed by atoms with E-state index in [-0.39, 0.29) is 43.5 Å². The van der Waals surface area contributed by atoms with Gasteiger partial charge in [-0.05, 0) is 29.9 Å². The lowest BCUT2D eigenvalue weighted by molar-refractivity contribution is -0.155. The second-order valence-corrected chi connectivity index (χ2v) is 8.07. The lowest BCUT2D eigenvalue weighted by atomic mass is 9.72. The first-order valence-corrected chi connectivity index (χ1v) is 8.68. The fourth-order valence-electron chi connectivity index (χ4n) is 3.10. The monoisotopic (exact) mass is 387 g/mol. The van der Waals surface area contributed by atoms with Crippen molar-refractivity contribution in [1.29, 1.82) is 0 Å². The molecule has 0 radical (unpaired) electrons. The molecule has 1 heterocycles. The Morgan fingerprint density at radius 2 is 1.78 bits per heavy atom. The van der Waals surface area contributed by atoms with Crippen LogP contribution in [0.3, 0.4) is 0 Å². The van der Waals surface area contributed by atoms with Gasteiger partial charge in [0.15, 0.2) is 0 Å². The Balaban J connectivity index is 2.39. The quantitative estimate of drug-likeness (QED) is 0.785. The molecule has 8 heteroatoms. The molecule has 0 bridgehead atoms. The average Bonchev–Trinajstić information content (AvgIpc) is 2.58. The topological polar surface area (TPSA) is 66.8 Å². The molecule has 5 nitrogen and oxygen atoms in total. The number of benzene rings is 1. The van der Waals surface area contributed by atoms with E-state index in [0.29, 0.717) is 0 Å². The molecule has 2 rings (SSSR count). The van der Waals surface area contributed by atoms with Gasteiger partial charge in [0.25, 0.3) is 0 Å². The van der Waals surface area contributed by atoms with E-state index in [0.717, 1.165) is 17.0 Å². The van der Waals surface area contributed by atoms with Crippen molar-refractivity contribution in [3.8, 4) is 0 Å². The minimum Gasteiger partial charge on any atom is -0.465 e. The Hall–Kier alpha value is -2.25. The highest BCUT2D eigenvalue weighted by Crippen LogP contribution is 2.40. The number of ether oxygens (including phenoxy) is 1. The van der Waals surface area contributed by atoms with Gasteiger partial charge >= 0.3 is 18.2 Å². The van der Waals surface area contributed by atoms with Crippen molar-refractivity contribution >= 4 is 12.1 Å². The van der Waals surface area contributed by atoms with Crippen LogP contribution in [-0.4, -0.2) is 41.8 Å². The molecule has 1 aliphatic heterocycles. The maximum absolute atomic E-state index is 13.1. The third-order valence-corrected chi connectivity index (χ3v) is 4.66. The highest BCUT2D eigenvalue weighted by Gasteiger charge is 2.46. The normalized spacial score (nSPS) is 17.5. The molecule has 27 heavy (non-hydrogen) atoms. The largest absolute Gasteiger partial charge is 0.465 e. The minimum absolute atomic E-state index is 0.0518. The zero-order chi connectivity index (χ0) is 20.5. The van der Waals surface area contributed by atoms with E-state index >= 15 is 0 Å². The van der Waals surface area contributed by atoms with Crippen LogP contribution in [0.5, 0.6) is 0 Å². The smallest absolute Gasteiger partial charge is 0.416 e. The van der Waals surface area contributed by atoms with Crippen LogP contribution in [0.2, 0.25) is 0 Å². The Bertz CT molecular complexity index is 702. The molecule has 0 saturated carbocycles. The van der Waals surface area contributed by atoms with Crippen LogP contribution in [0, 0.1) is 5.41 Å². The summed E-state index contributed by atoms with van der Waals surface area (Å²) < 4.78 is 44.8. The molecule has 1 fully saturated rings. The molecule has 0 aliphatic carbocycles. The molecule has 0 unspecified atom stereocenters. The summed E-state index contributed by atoms with van der Waals surface area (Å²) >= 11 is 0. The Kier molecular flexibility index (Phi) is 5.77. The number of piperidine rings is 1. The number of hydrogen-bond acceptors (Lipinski definition) is 3. The van der Waals surface area contributed by atoms with Crippen molar-refractivity contribution in [3.63, 3.8) is 0 Å². The number of halogens is 3. The summed E-state index contributed by atoms with van der Waals surface area (Å²) in [5.41, 5.74) is -2.23. The first-order chi connectivity index (χ1) is 12.3. The van der Waals surface area contributed by atoms with Crippen molar-refractivity contribution in [2.45, 2.75) is 45.2 Å². The predicted octanol–water partition coefficient (Wildman–Crippen LogP) is 4.31. The molecule has 0 atom stereocenters. The highest BCUT2D eigenvalue weighted by atomic mass is 19.4. The van der Waals surface area contributed by atoms with Crippen molar-refractivity contribution in [2.75, 3.05) is 19.7 Å². The lowest BCUT2D eigenvalue weighted by Crippen LogP contribution is -2.49. The van der Waals surface area contributed by atoms with E-state index in [4.69, 9.17) is 9.84 Å². The number of carbonyl (C=O) groups excluding carboxylic acids is 1. The van der Waals surface area contributed by atoms with Crippen LogP contribution >= 0.6 is 0 Å². The van der Waals surface area contributed by atoms with Crippen molar-refractivity contribution < 1.29 is 32.6 Å². The van der Waals surface area contributed by atoms with Crippen LogP contribution in [-0.2, 0) is 21.1 Å². The zero-order valence-corrected chi connectivity index (χ0v) is 15.6. The van der Waals surface area contributed by atoms with Gasteiger partial charge in [0.05, 0.1) is 17.6 Å². The van der Waals surface area contributed by atoms with Gasteiger partial charge in [0, 0.05) is 13.1 Å². The Morgan fingerprint density at radius 3 is 2.26 bits per heavy atom. The number of rotatable bonds is 3. The molecule has 1 aromatic rings. The maximum Gasteiger partial charge on any atom is 0.416 e. The molecule has 150 valence electrons. The van der Waals surface area contributed by atoms with E-state index in [1.54, 1.807) is 0 Å². The second kappa shape index (κ2) is 7.40. The van der Waals surface area contributed by atoms with Gasteiger partial charge in [0.2, 0.25) is 0 Å². The highest BCUT2D eigenvalue weighted by molar-refractivity contribution is 5.84. The molecule has 0 aromatic heterocycles. The van der Waals surface area contributed by atoms with Crippen molar-refractivity contribution in [2.24, 2.45) is 5.41 Å². The average molecular weight is 387 g/mol. The molecule has 1 aliphatic rings. The predicted molar refractivity (Wildman–Crippen MR) is 92.4 cm³/mol. The van der Waals surface area contributed by atoms with Crippen LogP contribution in [0.1, 0.15) is 44.7 Å². The maximum atomic E-state index is 13.1. The van der Waals surface area contributed by atoms with Gasteiger partial charge in [0.1, 0.15) is 0 Å².